The van der Waals surface area contributed by atoms with Crippen LogP contribution in [-0.4, -0.2) is 37.2 Å². The number of carbonyl (C=O) groups excluding carboxylic acids is 1. The van der Waals surface area contributed by atoms with Crippen LogP contribution >= 0.6 is 23.2 Å². The quantitative estimate of drug-likeness (QED) is 0.746. The molecule has 1 aromatic carbocycles. The fourth-order valence-electron chi connectivity index (χ4n) is 1.78. The van der Waals surface area contributed by atoms with Gasteiger partial charge in [-0.05, 0) is 18.2 Å². The van der Waals surface area contributed by atoms with Crippen molar-refractivity contribution < 1.29 is 9.53 Å². The average molecular weight is 365 g/mol. The maximum atomic E-state index is 12.0. The van der Waals surface area contributed by atoms with Gasteiger partial charge in [-0.3, -0.25) is 4.79 Å². The molecule has 0 radical (unpaired) electrons. The largest absolute Gasteiger partial charge is 0.482 e. The SMILES string of the molecule is O=C(COc1ccc(Cl)cc1Cl)Nc1cc(-n2cncn2)ncn1. The van der Waals surface area contributed by atoms with Crippen LogP contribution in [-0.2, 0) is 4.79 Å². The zero-order valence-corrected chi connectivity index (χ0v) is 13.6. The van der Waals surface area contributed by atoms with Gasteiger partial charge in [0.1, 0.15) is 30.5 Å². The molecule has 2 heterocycles. The summed E-state index contributed by atoms with van der Waals surface area (Å²) in [6.45, 7) is -0.232. The highest BCUT2D eigenvalue weighted by Crippen LogP contribution is 2.27. The molecule has 3 rings (SSSR count). The third kappa shape index (κ3) is 3.98. The lowest BCUT2D eigenvalue weighted by Crippen LogP contribution is -2.21. The lowest BCUT2D eigenvalue weighted by Gasteiger charge is -2.09. The number of hydrogen-bond donors (Lipinski definition) is 1. The second kappa shape index (κ2) is 7.24. The Balaban J connectivity index is 1.62. The summed E-state index contributed by atoms with van der Waals surface area (Å²) < 4.78 is 6.80. The van der Waals surface area contributed by atoms with Crippen LogP contribution in [0.2, 0.25) is 10.0 Å². The highest BCUT2D eigenvalue weighted by Gasteiger charge is 2.09. The highest BCUT2D eigenvalue weighted by atomic mass is 35.5. The van der Waals surface area contributed by atoms with Crippen molar-refractivity contribution in [1.29, 1.82) is 0 Å². The number of carbonyl (C=O) groups is 1. The van der Waals surface area contributed by atoms with Gasteiger partial charge in [-0.15, -0.1) is 0 Å². The van der Waals surface area contributed by atoms with Crippen LogP contribution in [0.4, 0.5) is 5.82 Å². The standard InChI is InChI=1S/C14H10Cl2N6O2/c15-9-1-2-11(10(16)3-9)24-5-14(23)21-12-4-13(19-7-18-12)22-8-17-6-20-22/h1-4,6-8H,5H2,(H,18,19,21,23). The molecule has 0 fully saturated rings. The van der Waals surface area contributed by atoms with Crippen LogP contribution in [0.25, 0.3) is 5.82 Å². The second-order valence-corrected chi connectivity index (χ2v) is 5.36. The van der Waals surface area contributed by atoms with Gasteiger partial charge in [0.2, 0.25) is 0 Å². The first-order valence-electron chi connectivity index (χ1n) is 6.66. The summed E-state index contributed by atoms with van der Waals surface area (Å²) in [7, 11) is 0. The van der Waals surface area contributed by atoms with Crippen molar-refractivity contribution in [3.63, 3.8) is 0 Å². The van der Waals surface area contributed by atoms with Crippen LogP contribution in [0.3, 0.4) is 0 Å². The predicted molar refractivity (Wildman–Crippen MR) is 87.5 cm³/mol. The Morgan fingerprint density at radius 3 is 2.83 bits per heavy atom. The van der Waals surface area contributed by atoms with E-state index in [1.165, 1.54) is 29.7 Å². The molecule has 1 amide bonds. The molecule has 0 saturated heterocycles. The fraction of sp³-hybridized carbons (Fsp3) is 0.0714. The van der Waals surface area contributed by atoms with Crippen LogP contribution in [0.1, 0.15) is 0 Å². The van der Waals surface area contributed by atoms with E-state index in [2.05, 4.69) is 25.4 Å². The molecule has 0 atom stereocenters. The van der Waals surface area contributed by atoms with Gasteiger partial charge in [0.15, 0.2) is 12.4 Å². The van der Waals surface area contributed by atoms with E-state index in [0.29, 0.717) is 27.4 Å². The van der Waals surface area contributed by atoms with E-state index in [1.807, 2.05) is 0 Å². The molecule has 24 heavy (non-hydrogen) atoms. The number of anilines is 1. The van der Waals surface area contributed by atoms with Gasteiger partial charge in [-0.1, -0.05) is 23.2 Å². The Morgan fingerprint density at radius 1 is 1.21 bits per heavy atom. The van der Waals surface area contributed by atoms with Crippen molar-refractivity contribution in [3.05, 3.63) is 53.3 Å². The smallest absolute Gasteiger partial charge is 0.263 e. The van der Waals surface area contributed by atoms with Gasteiger partial charge in [0.05, 0.1) is 5.02 Å². The summed E-state index contributed by atoms with van der Waals surface area (Å²) >= 11 is 11.8. The molecule has 0 aliphatic heterocycles. The Hall–Kier alpha value is -2.71. The number of amides is 1. The number of nitrogens with zero attached hydrogens (tertiary/aromatic N) is 5. The normalized spacial score (nSPS) is 10.4. The molecule has 0 aliphatic carbocycles. The molecule has 0 bridgehead atoms. The van der Waals surface area contributed by atoms with Crippen LogP contribution in [0.5, 0.6) is 5.75 Å². The van der Waals surface area contributed by atoms with Crippen LogP contribution in [0, 0.1) is 0 Å². The van der Waals surface area contributed by atoms with E-state index >= 15 is 0 Å². The van der Waals surface area contributed by atoms with Crippen molar-refractivity contribution >= 4 is 34.9 Å². The minimum atomic E-state index is -0.399. The summed E-state index contributed by atoms with van der Waals surface area (Å²) in [6, 6.07) is 6.30. The predicted octanol–water partition coefficient (Wildman–Crippen LogP) is 2.38. The summed E-state index contributed by atoms with van der Waals surface area (Å²) in [5.41, 5.74) is 0. The molecule has 8 nitrogen and oxygen atoms in total. The summed E-state index contributed by atoms with van der Waals surface area (Å²) in [4.78, 5) is 23.8. The first kappa shape index (κ1) is 16.2. The van der Waals surface area contributed by atoms with E-state index in [4.69, 9.17) is 27.9 Å². The average Bonchev–Trinajstić information content (AvgIpc) is 3.09. The van der Waals surface area contributed by atoms with Crippen molar-refractivity contribution in [2.45, 2.75) is 0 Å². The minimum Gasteiger partial charge on any atom is -0.482 e. The van der Waals surface area contributed by atoms with Crippen LogP contribution in [0.15, 0.2) is 43.2 Å². The molecule has 10 heteroatoms. The van der Waals surface area contributed by atoms with E-state index in [9.17, 15) is 4.79 Å². The topological polar surface area (TPSA) is 94.8 Å². The van der Waals surface area contributed by atoms with Gasteiger partial charge in [-0.25, -0.2) is 19.6 Å². The van der Waals surface area contributed by atoms with Gasteiger partial charge in [0, 0.05) is 11.1 Å². The number of ether oxygens (including phenoxy) is 1. The second-order valence-electron chi connectivity index (χ2n) is 4.51. The zero-order chi connectivity index (χ0) is 16.9. The summed E-state index contributed by atoms with van der Waals surface area (Å²) in [5, 5.41) is 7.36. The molecule has 122 valence electrons. The zero-order valence-electron chi connectivity index (χ0n) is 12.1. The number of nitrogens with one attached hydrogen (secondary N) is 1. The summed E-state index contributed by atoms with van der Waals surface area (Å²) in [6.07, 6.45) is 4.17. The number of aromatic nitrogens is 5. The van der Waals surface area contributed by atoms with Crippen molar-refractivity contribution in [1.82, 2.24) is 24.7 Å². The third-order valence-corrected chi connectivity index (χ3v) is 3.36. The Bertz CT molecular complexity index is 856. The van der Waals surface area contributed by atoms with Crippen molar-refractivity contribution in [3.8, 4) is 11.6 Å². The van der Waals surface area contributed by atoms with E-state index in [0.717, 1.165) is 0 Å². The van der Waals surface area contributed by atoms with E-state index in [-0.39, 0.29) is 6.61 Å². The Kier molecular flexibility index (Phi) is 4.88. The molecular weight excluding hydrogens is 355 g/mol. The number of benzene rings is 1. The van der Waals surface area contributed by atoms with Crippen LogP contribution < -0.4 is 10.1 Å². The van der Waals surface area contributed by atoms with Gasteiger partial charge < -0.3 is 10.1 Å². The molecule has 1 N–H and O–H groups in total. The lowest BCUT2D eigenvalue weighted by molar-refractivity contribution is -0.118. The first-order valence-corrected chi connectivity index (χ1v) is 7.42. The minimum absolute atomic E-state index is 0.232. The number of rotatable bonds is 5. The maximum Gasteiger partial charge on any atom is 0.263 e. The van der Waals surface area contributed by atoms with Gasteiger partial charge in [0.25, 0.3) is 5.91 Å². The monoisotopic (exact) mass is 364 g/mol. The maximum absolute atomic E-state index is 12.0. The fourth-order valence-corrected chi connectivity index (χ4v) is 2.24. The Morgan fingerprint density at radius 2 is 2.08 bits per heavy atom. The molecule has 0 saturated carbocycles. The third-order valence-electron chi connectivity index (χ3n) is 2.83. The Labute approximate surface area is 146 Å². The van der Waals surface area contributed by atoms with Crippen molar-refractivity contribution in [2.24, 2.45) is 0 Å². The molecule has 2 aromatic heterocycles. The van der Waals surface area contributed by atoms with E-state index in [1.54, 1.807) is 18.2 Å². The highest BCUT2D eigenvalue weighted by molar-refractivity contribution is 6.35. The molecule has 3 aromatic rings. The molecule has 0 unspecified atom stereocenters. The van der Waals surface area contributed by atoms with Gasteiger partial charge >= 0.3 is 0 Å². The lowest BCUT2D eigenvalue weighted by atomic mass is 10.3. The van der Waals surface area contributed by atoms with Gasteiger partial charge in [-0.2, -0.15) is 5.10 Å². The molecular formula is C14H10Cl2N6O2. The summed E-state index contributed by atoms with van der Waals surface area (Å²) in [5.74, 6) is 0.747. The van der Waals surface area contributed by atoms with E-state index < -0.39 is 5.91 Å². The molecule has 0 spiro atoms. The molecule has 0 aliphatic rings. The number of halogens is 2. The first-order chi connectivity index (χ1) is 11.6. The van der Waals surface area contributed by atoms with Crippen molar-refractivity contribution in [2.75, 3.05) is 11.9 Å². The number of hydrogen-bond acceptors (Lipinski definition) is 6.